The van der Waals surface area contributed by atoms with E-state index in [4.69, 9.17) is 9.47 Å². The second-order valence-corrected chi connectivity index (χ2v) is 4.20. The fourth-order valence-corrected chi connectivity index (χ4v) is 1.92. The zero-order valence-corrected chi connectivity index (χ0v) is 9.19. The van der Waals surface area contributed by atoms with Gasteiger partial charge in [-0.2, -0.15) is 0 Å². The van der Waals surface area contributed by atoms with Crippen LogP contribution in [-0.2, 0) is 16.1 Å². The van der Waals surface area contributed by atoms with E-state index in [1.807, 2.05) is 18.2 Å². The molecule has 1 saturated carbocycles. The maximum atomic E-state index is 5.66. The Morgan fingerprint density at radius 1 is 1.20 bits per heavy atom. The molecule has 0 radical (unpaired) electrons. The van der Waals surface area contributed by atoms with Gasteiger partial charge in [-0.25, -0.2) is 0 Å². The SMILES string of the molecule is COC1CC(COCc2ccccc2)C1. The van der Waals surface area contributed by atoms with Crippen molar-refractivity contribution in [2.45, 2.75) is 25.6 Å². The van der Waals surface area contributed by atoms with Gasteiger partial charge in [0.15, 0.2) is 0 Å². The highest BCUT2D eigenvalue weighted by molar-refractivity contribution is 5.13. The summed E-state index contributed by atoms with van der Waals surface area (Å²) in [4.78, 5) is 0. The highest BCUT2D eigenvalue weighted by Crippen LogP contribution is 2.29. The van der Waals surface area contributed by atoms with Gasteiger partial charge in [0.25, 0.3) is 0 Å². The number of ether oxygens (including phenoxy) is 2. The molecule has 0 saturated heterocycles. The van der Waals surface area contributed by atoms with Gasteiger partial charge in [-0.15, -0.1) is 0 Å². The van der Waals surface area contributed by atoms with Gasteiger partial charge in [-0.05, 0) is 24.3 Å². The van der Waals surface area contributed by atoms with Gasteiger partial charge in [-0.1, -0.05) is 30.3 Å². The molecular formula is C13H18O2. The zero-order chi connectivity index (χ0) is 10.5. The Morgan fingerprint density at radius 2 is 1.93 bits per heavy atom. The summed E-state index contributed by atoms with van der Waals surface area (Å²) in [6.07, 6.45) is 2.80. The summed E-state index contributed by atoms with van der Waals surface area (Å²) in [6, 6.07) is 10.3. The van der Waals surface area contributed by atoms with Crippen LogP contribution >= 0.6 is 0 Å². The van der Waals surface area contributed by atoms with Crippen molar-refractivity contribution in [3.8, 4) is 0 Å². The second-order valence-electron chi connectivity index (χ2n) is 4.20. The van der Waals surface area contributed by atoms with E-state index in [-0.39, 0.29) is 0 Å². The first-order chi connectivity index (χ1) is 7.38. The predicted molar refractivity (Wildman–Crippen MR) is 59.6 cm³/mol. The third-order valence-corrected chi connectivity index (χ3v) is 2.99. The van der Waals surface area contributed by atoms with Gasteiger partial charge in [-0.3, -0.25) is 0 Å². The van der Waals surface area contributed by atoms with Crippen LogP contribution < -0.4 is 0 Å². The summed E-state index contributed by atoms with van der Waals surface area (Å²) >= 11 is 0. The highest BCUT2D eigenvalue weighted by Gasteiger charge is 2.28. The van der Waals surface area contributed by atoms with Gasteiger partial charge in [0.2, 0.25) is 0 Å². The molecule has 15 heavy (non-hydrogen) atoms. The van der Waals surface area contributed by atoms with Crippen molar-refractivity contribution in [2.75, 3.05) is 13.7 Å². The van der Waals surface area contributed by atoms with Crippen molar-refractivity contribution >= 4 is 0 Å². The molecule has 0 aromatic heterocycles. The van der Waals surface area contributed by atoms with E-state index in [0.717, 1.165) is 26.1 Å². The van der Waals surface area contributed by atoms with Crippen molar-refractivity contribution in [1.29, 1.82) is 0 Å². The largest absolute Gasteiger partial charge is 0.381 e. The maximum absolute atomic E-state index is 5.66. The molecule has 0 unspecified atom stereocenters. The van der Waals surface area contributed by atoms with Gasteiger partial charge >= 0.3 is 0 Å². The lowest BCUT2D eigenvalue weighted by Crippen LogP contribution is -2.33. The average Bonchev–Trinajstić information content (AvgIpc) is 2.23. The first kappa shape index (κ1) is 10.7. The monoisotopic (exact) mass is 206 g/mol. The molecule has 2 rings (SSSR count). The Balaban J connectivity index is 1.60. The molecule has 2 heteroatoms. The summed E-state index contributed by atoms with van der Waals surface area (Å²) in [5.41, 5.74) is 1.25. The zero-order valence-electron chi connectivity index (χ0n) is 9.19. The maximum Gasteiger partial charge on any atom is 0.0717 e. The number of methoxy groups -OCH3 is 1. The molecule has 0 atom stereocenters. The third kappa shape index (κ3) is 3.05. The topological polar surface area (TPSA) is 18.5 Å². The van der Waals surface area contributed by atoms with Crippen molar-refractivity contribution in [1.82, 2.24) is 0 Å². The summed E-state index contributed by atoms with van der Waals surface area (Å²) in [5.74, 6) is 0.707. The van der Waals surface area contributed by atoms with E-state index in [1.165, 1.54) is 5.56 Å². The standard InChI is InChI=1S/C13H18O2/c1-14-13-7-12(8-13)10-15-9-11-5-3-2-4-6-11/h2-6,12-13H,7-10H2,1H3. The highest BCUT2D eigenvalue weighted by atomic mass is 16.5. The first-order valence-electron chi connectivity index (χ1n) is 5.53. The van der Waals surface area contributed by atoms with E-state index >= 15 is 0 Å². The number of benzene rings is 1. The molecule has 82 valence electrons. The number of hydrogen-bond donors (Lipinski definition) is 0. The van der Waals surface area contributed by atoms with Gasteiger partial charge < -0.3 is 9.47 Å². The minimum atomic E-state index is 0.482. The quantitative estimate of drug-likeness (QED) is 0.737. The molecule has 1 aromatic carbocycles. The Labute approximate surface area is 91.2 Å². The minimum Gasteiger partial charge on any atom is -0.381 e. The van der Waals surface area contributed by atoms with Crippen LogP contribution in [0.1, 0.15) is 18.4 Å². The van der Waals surface area contributed by atoms with E-state index < -0.39 is 0 Å². The Hall–Kier alpha value is -0.860. The van der Waals surface area contributed by atoms with Crippen LogP contribution in [0.25, 0.3) is 0 Å². The van der Waals surface area contributed by atoms with Crippen molar-refractivity contribution < 1.29 is 9.47 Å². The first-order valence-corrected chi connectivity index (χ1v) is 5.53. The van der Waals surface area contributed by atoms with Crippen molar-refractivity contribution in [3.63, 3.8) is 0 Å². The molecule has 0 amide bonds. The third-order valence-electron chi connectivity index (χ3n) is 2.99. The Morgan fingerprint density at radius 3 is 2.60 bits per heavy atom. The van der Waals surface area contributed by atoms with Gasteiger partial charge in [0.1, 0.15) is 0 Å². The van der Waals surface area contributed by atoms with Crippen LogP contribution in [-0.4, -0.2) is 19.8 Å². The summed E-state index contributed by atoms with van der Waals surface area (Å²) in [6.45, 7) is 1.60. The van der Waals surface area contributed by atoms with Crippen LogP contribution in [0.15, 0.2) is 30.3 Å². The molecule has 0 N–H and O–H groups in total. The van der Waals surface area contributed by atoms with Crippen LogP contribution in [0.3, 0.4) is 0 Å². The lowest BCUT2D eigenvalue weighted by Gasteiger charge is -2.33. The lowest BCUT2D eigenvalue weighted by atomic mass is 9.83. The fraction of sp³-hybridized carbons (Fsp3) is 0.538. The average molecular weight is 206 g/mol. The van der Waals surface area contributed by atoms with E-state index in [9.17, 15) is 0 Å². The predicted octanol–water partition coefficient (Wildman–Crippen LogP) is 2.63. The van der Waals surface area contributed by atoms with Gasteiger partial charge in [0.05, 0.1) is 19.3 Å². The molecule has 1 aliphatic rings. The molecule has 2 nitrogen and oxygen atoms in total. The lowest BCUT2D eigenvalue weighted by molar-refractivity contribution is -0.0376. The molecule has 1 aliphatic carbocycles. The minimum absolute atomic E-state index is 0.482. The molecule has 0 heterocycles. The summed E-state index contributed by atoms with van der Waals surface area (Å²) < 4.78 is 10.9. The Kier molecular flexibility index (Phi) is 3.75. The van der Waals surface area contributed by atoms with Crippen molar-refractivity contribution in [3.05, 3.63) is 35.9 Å². The Bertz CT molecular complexity index is 278. The number of rotatable bonds is 5. The molecule has 0 bridgehead atoms. The fourth-order valence-electron chi connectivity index (χ4n) is 1.92. The van der Waals surface area contributed by atoms with E-state index in [0.29, 0.717) is 12.0 Å². The second kappa shape index (κ2) is 5.29. The molecule has 1 aromatic rings. The molecule has 0 spiro atoms. The molecule has 0 aliphatic heterocycles. The van der Waals surface area contributed by atoms with E-state index in [2.05, 4.69) is 12.1 Å². The van der Waals surface area contributed by atoms with Gasteiger partial charge in [0, 0.05) is 7.11 Å². The summed E-state index contributed by atoms with van der Waals surface area (Å²) in [7, 11) is 1.78. The van der Waals surface area contributed by atoms with Crippen LogP contribution in [0.5, 0.6) is 0 Å². The number of hydrogen-bond acceptors (Lipinski definition) is 2. The van der Waals surface area contributed by atoms with E-state index in [1.54, 1.807) is 7.11 Å². The van der Waals surface area contributed by atoms with Crippen LogP contribution in [0.2, 0.25) is 0 Å². The summed E-state index contributed by atoms with van der Waals surface area (Å²) in [5, 5.41) is 0. The molecular weight excluding hydrogens is 188 g/mol. The molecule has 1 fully saturated rings. The van der Waals surface area contributed by atoms with Crippen LogP contribution in [0, 0.1) is 5.92 Å². The smallest absolute Gasteiger partial charge is 0.0717 e. The normalized spacial score (nSPS) is 24.9. The van der Waals surface area contributed by atoms with Crippen LogP contribution in [0.4, 0.5) is 0 Å². The van der Waals surface area contributed by atoms with Crippen molar-refractivity contribution in [2.24, 2.45) is 5.92 Å².